The quantitative estimate of drug-likeness (QED) is 0.689. The van der Waals surface area contributed by atoms with Crippen LogP contribution in [0.25, 0.3) is 0 Å². The first kappa shape index (κ1) is 18.9. The van der Waals surface area contributed by atoms with Crippen molar-refractivity contribution < 1.29 is 9.53 Å². The number of nitrogens with one attached hydrogen (secondary N) is 1. The summed E-state index contributed by atoms with van der Waals surface area (Å²) in [7, 11) is 1.71. The highest BCUT2D eigenvalue weighted by Gasteiger charge is 2.19. The molecule has 0 aliphatic carbocycles. The number of halogens is 1. The lowest BCUT2D eigenvalue weighted by Crippen LogP contribution is -2.28. The Morgan fingerprint density at radius 3 is 2.96 bits per heavy atom. The number of benzene rings is 2. The Kier molecular flexibility index (Phi) is 5.57. The first-order chi connectivity index (χ1) is 13.6. The zero-order valence-electron chi connectivity index (χ0n) is 15.3. The lowest BCUT2D eigenvalue weighted by atomic mass is 9.98. The number of fused-ring (bicyclic) bond motifs is 1. The minimum atomic E-state index is -0.101. The zero-order valence-corrected chi connectivity index (χ0v) is 16.9. The second-order valence-electron chi connectivity index (χ2n) is 6.47. The summed E-state index contributed by atoms with van der Waals surface area (Å²) in [4.78, 5) is 14.4. The van der Waals surface area contributed by atoms with E-state index in [9.17, 15) is 4.79 Å². The van der Waals surface area contributed by atoms with E-state index >= 15 is 0 Å². The number of amides is 1. The Hall–Kier alpha value is -2.48. The van der Waals surface area contributed by atoms with E-state index in [1.165, 1.54) is 27.4 Å². The Morgan fingerprint density at radius 2 is 2.11 bits per heavy atom. The first-order valence-corrected chi connectivity index (χ1v) is 10.1. The maximum Gasteiger partial charge on any atom is 0.259 e. The molecule has 0 saturated heterocycles. The molecule has 0 saturated carbocycles. The Balaban J connectivity index is 1.44. The molecule has 0 atom stereocenters. The number of aromatic nitrogens is 2. The molecule has 3 aromatic rings. The van der Waals surface area contributed by atoms with Crippen LogP contribution in [-0.2, 0) is 19.6 Å². The van der Waals surface area contributed by atoms with E-state index < -0.39 is 0 Å². The first-order valence-electron chi connectivity index (χ1n) is 8.92. The number of hydrogen-bond donors (Lipinski definition) is 1. The van der Waals surface area contributed by atoms with Crippen molar-refractivity contribution in [2.45, 2.75) is 19.6 Å². The van der Waals surface area contributed by atoms with Crippen LogP contribution in [0.4, 0.5) is 5.13 Å². The molecule has 1 aromatic heterocycles. The SMILES string of the molecule is CN(C(=O)c1ccc2c(c1)CCNC2)c1nnc(COc2ccccc2Cl)s1. The number of ether oxygens (including phenoxy) is 1. The third-order valence-corrected chi connectivity index (χ3v) is 5.86. The van der Waals surface area contributed by atoms with E-state index in [1.54, 1.807) is 19.2 Å². The summed E-state index contributed by atoms with van der Waals surface area (Å²) in [5.74, 6) is 0.491. The minimum Gasteiger partial charge on any atom is -0.485 e. The summed E-state index contributed by atoms with van der Waals surface area (Å²) in [6, 6.07) is 13.1. The standard InChI is InChI=1S/C20H19ClN4O2S/c1-25(19(26)14-6-7-15-11-22-9-8-13(15)10-14)20-24-23-18(28-20)12-27-17-5-3-2-4-16(17)21/h2-7,10,22H,8-9,11-12H2,1H3. The highest BCUT2D eigenvalue weighted by Crippen LogP contribution is 2.26. The number of anilines is 1. The minimum absolute atomic E-state index is 0.101. The molecule has 28 heavy (non-hydrogen) atoms. The average Bonchev–Trinajstić information content (AvgIpc) is 3.21. The van der Waals surface area contributed by atoms with E-state index in [-0.39, 0.29) is 12.5 Å². The van der Waals surface area contributed by atoms with Gasteiger partial charge in [-0.3, -0.25) is 9.69 Å². The Morgan fingerprint density at radius 1 is 1.25 bits per heavy atom. The highest BCUT2D eigenvalue weighted by molar-refractivity contribution is 7.15. The van der Waals surface area contributed by atoms with Crippen LogP contribution in [0.15, 0.2) is 42.5 Å². The molecular formula is C20H19ClN4O2S. The van der Waals surface area contributed by atoms with Crippen LogP contribution in [0.3, 0.4) is 0 Å². The second kappa shape index (κ2) is 8.26. The molecule has 0 bridgehead atoms. The highest BCUT2D eigenvalue weighted by atomic mass is 35.5. The van der Waals surface area contributed by atoms with Crippen molar-refractivity contribution in [3.63, 3.8) is 0 Å². The molecule has 1 aliphatic rings. The van der Waals surface area contributed by atoms with E-state index in [0.29, 0.717) is 26.5 Å². The fourth-order valence-corrected chi connectivity index (χ4v) is 3.93. The fourth-order valence-electron chi connectivity index (χ4n) is 3.03. The number of para-hydroxylation sites is 1. The summed E-state index contributed by atoms with van der Waals surface area (Å²) >= 11 is 7.41. The van der Waals surface area contributed by atoms with Gasteiger partial charge in [0.2, 0.25) is 5.13 Å². The van der Waals surface area contributed by atoms with Gasteiger partial charge < -0.3 is 10.1 Å². The smallest absolute Gasteiger partial charge is 0.259 e. The van der Waals surface area contributed by atoms with Gasteiger partial charge in [0, 0.05) is 19.2 Å². The molecule has 2 heterocycles. The van der Waals surface area contributed by atoms with Crippen molar-refractivity contribution in [2.24, 2.45) is 0 Å². The van der Waals surface area contributed by atoms with Gasteiger partial charge in [0.15, 0.2) is 5.01 Å². The Bertz CT molecular complexity index is 1010. The fraction of sp³-hybridized carbons (Fsp3) is 0.250. The summed E-state index contributed by atoms with van der Waals surface area (Å²) in [6.07, 6.45) is 0.933. The lowest BCUT2D eigenvalue weighted by Gasteiger charge is -2.19. The van der Waals surface area contributed by atoms with E-state index in [1.807, 2.05) is 30.3 Å². The van der Waals surface area contributed by atoms with E-state index in [0.717, 1.165) is 19.5 Å². The van der Waals surface area contributed by atoms with Crippen LogP contribution in [0.2, 0.25) is 5.02 Å². The van der Waals surface area contributed by atoms with Crippen LogP contribution < -0.4 is 15.0 Å². The molecule has 0 unspecified atom stereocenters. The maximum atomic E-state index is 12.9. The Labute approximate surface area is 172 Å². The number of hydrogen-bond acceptors (Lipinski definition) is 6. The maximum absolute atomic E-state index is 12.9. The molecule has 0 spiro atoms. The summed E-state index contributed by atoms with van der Waals surface area (Å²) < 4.78 is 5.69. The average molecular weight is 415 g/mol. The van der Waals surface area contributed by atoms with Gasteiger partial charge in [-0.05, 0) is 48.4 Å². The topological polar surface area (TPSA) is 67.4 Å². The van der Waals surface area contributed by atoms with Gasteiger partial charge in [0.05, 0.1) is 5.02 Å². The summed E-state index contributed by atoms with van der Waals surface area (Å²) in [5.41, 5.74) is 3.14. The summed E-state index contributed by atoms with van der Waals surface area (Å²) in [6.45, 7) is 2.03. The van der Waals surface area contributed by atoms with Crippen LogP contribution in [0.5, 0.6) is 5.75 Å². The molecule has 1 aliphatic heterocycles. The molecule has 1 amide bonds. The van der Waals surface area contributed by atoms with Crippen molar-refractivity contribution in [2.75, 3.05) is 18.5 Å². The lowest BCUT2D eigenvalue weighted by molar-refractivity contribution is 0.0992. The van der Waals surface area contributed by atoms with Crippen LogP contribution in [-0.4, -0.2) is 29.7 Å². The van der Waals surface area contributed by atoms with Crippen molar-refractivity contribution in [3.05, 3.63) is 69.2 Å². The predicted octanol–water partition coefficient (Wildman–Crippen LogP) is 3.69. The normalized spacial score (nSPS) is 13.1. The molecule has 4 rings (SSSR count). The van der Waals surface area contributed by atoms with Gasteiger partial charge in [-0.15, -0.1) is 10.2 Å². The van der Waals surface area contributed by atoms with Crippen molar-refractivity contribution in [3.8, 4) is 5.75 Å². The third-order valence-electron chi connectivity index (χ3n) is 4.58. The molecule has 1 N–H and O–H groups in total. The van der Waals surface area contributed by atoms with Gasteiger partial charge in [0.1, 0.15) is 12.4 Å². The molecule has 8 heteroatoms. The number of nitrogens with zero attached hydrogens (tertiary/aromatic N) is 3. The van der Waals surface area contributed by atoms with Gasteiger partial charge in [-0.2, -0.15) is 0 Å². The third kappa shape index (κ3) is 4.01. The molecule has 144 valence electrons. The van der Waals surface area contributed by atoms with Gasteiger partial charge >= 0.3 is 0 Å². The molecule has 6 nitrogen and oxygen atoms in total. The molecular weight excluding hydrogens is 396 g/mol. The number of carbonyl (C=O) groups excluding carboxylic acids is 1. The number of carbonyl (C=O) groups is 1. The predicted molar refractivity (Wildman–Crippen MR) is 110 cm³/mol. The molecule has 2 aromatic carbocycles. The largest absolute Gasteiger partial charge is 0.485 e. The molecule has 0 radical (unpaired) electrons. The second-order valence-corrected chi connectivity index (χ2v) is 7.92. The summed E-state index contributed by atoms with van der Waals surface area (Å²) in [5, 5.41) is 13.3. The van der Waals surface area contributed by atoms with Crippen molar-refractivity contribution in [1.82, 2.24) is 15.5 Å². The molecule has 0 fully saturated rings. The van der Waals surface area contributed by atoms with Gasteiger partial charge in [-0.1, -0.05) is 41.1 Å². The van der Waals surface area contributed by atoms with Crippen LogP contribution >= 0.6 is 22.9 Å². The van der Waals surface area contributed by atoms with Crippen molar-refractivity contribution >= 4 is 34.0 Å². The van der Waals surface area contributed by atoms with Gasteiger partial charge in [-0.25, -0.2) is 0 Å². The van der Waals surface area contributed by atoms with Crippen LogP contribution in [0, 0.1) is 0 Å². The monoisotopic (exact) mass is 414 g/mol. The van der Waals surface area contributed by atoms with Crippen LogP contribution in [0.1, 0.15) is 26.5 Å². The van der Waals surface area contributed by atoms with E-state index in [4.69, 9.17) is 16.3 Å². The zero-order chi connectivity index (χ0) is 19.5. The van der Waals surface area contributed by atoms with E-state index in [2.05, 4.69) is 15.5 Å². The van der Waals surface area contributed by atoms with Crippen molar-refractivity contribution in [1.29, 1.82) is 0 Å². The number of rotatable bonds is 5. The van der Waals surface area contributed by atoms with Gasteiger partial charge in [0.25, 0.3) is 5.91 Å².